The van der Waals surface area contributed by atoms with Crippen molar-refractivity contribution in [2.45, 2.75) is 6.04 Å². The molecule has 0 aromatic heterocycles. The highest BCUT2D eigenvalue weighted by Crippen LogP contribution is 2.31. The summed E-state index contributed by atoms with van der Waals surface area (Å²) in [5.74, 6) is 0. The lowest BCUT2D eigenvalue weighted by molar-refractivity contribution is 0.127. The van der Waals surface area contributed by atoms with E-state index in [1.807, 2.05) is 0 Å². The maximum absolute atomic E-state index is 2.62. The minimum absolute atomic E-state index is 0. The van der Waals surface area contributed by atoms with Gasteiger partial charge in [0.05, 0.1) is 6.04 Å². The average molecular weight is 353 g/mol. The van der Waals surface area contributed by atoms with Crippen LogP contribution in [-0.4, -0.2) is 43.0 Å². The first-order valence-electron chi connectivity index (χ1n) is 8.77. The number of piperazine rings is 1. The molecule has 1 aliphatic rings. The summed E-state index contributed by atoms with van der Waals surface area (Å²) in [6.07, 6.45) is 0. The van der Waals surface area contributed by atoms with Crippen LogP contribution in [0.25, 0.3) is 10.8 Å². The Balaban J connectivity index is 0.00000182. The molecule has 0 bridgehead atoms. The Morgan fingerprint density at radius 1 is 0.680 bits per heavy atom. The summed E-state index contributed by atoms with van der Waals surface area (Å²) < 4.78 is 0. The lowest BCUT2D eigenvalue weighted by Gasteiger charge is -2.38. The van der Waals surface area contributed by atoms with E-state index in [0.29, 0.717) is 6.04 Å². The molecule has 3 heteroatoms. The van der Waals surface area contributed by atoms with Crippen molar-refractivity contribution in [3.8, 4) is 0 Å². The van der Waals surface area contributed by atoms with Crippen molar-refractivity contribution < 1.29 is 0 Å². The topological polar surface area (TPSA) is 6.48 Å². The summed E-state index contributed by atoms with van der Waals surface area (Å²) in [6.45, 7) is 4.50. The van der Waals surface area contributed by atoms with E-state index in [-0.39, 0.29) is 12.4 Å². The van der Waals surface area contributed by atoms with Gasteiger partial charge in [-0.15, -0.1) is 12.4 Å². The summed E-state index contributed by atoms with van der Waals surface area (Å²) >= 11 is 0. The van der Waals surface area contributed by atoms with Gasteiger partial charge in [0, 0.05) is 26.2 Å². The summed E-state index contributed by atoms with van der Waals surface area (Å²) in [5, 5.41) is 2.64. The average Bonchev–Trinajstić information content (AvgIpc) is 2.64. The molecule has 0 saturated carbocycles. The number of halogens is 1. The van der Waals surface area contributed by atoms with Gasteiger partial charge in [0.15, 0.2) is 0 Å². The summed E-state index contributed by atoms with van der Waals surface area (Å²) in [5.41, 5.74) is 2.78. The Labute approximate surface area is 156 Å². The van der Waals surface area contributed by atoms with Gasteiger partial charge in [-0.1, -0.05) is 66.7 Å². The number of benzene rings is 3. The fourth-order valence-electron chi connectivity index (χ4n) is 3.71. The smallest absolute Gasteiger partial charge is 0.0602 e. The Bertz CT molecular complexity index is 810. The van der Waals surface area contributed by atoms with Crippen LogP contribution in [0.15, 0.2) is 72.8 Å². The van der Waals surface area contributed by atoms with E-state index in [0.717, 1.165) is 26.2 Å². The van der Waals surface area contributed by atoms with E-state index in [2.05, 4.69) is 89.6 Å². The summed E-state index contributed by atoms with van der Waals surface area (Å²) in [4.78, 5) is 5.04. The summed E-state index contributed by atoms with van der Waals surface area (Å²) in [6, 6.07) is 26.8. The van der Waals surface area contributed by atoms with Crippen molar-refractivity contribution in [2.24, 2.45) is 0 Å². The van der Waals surface area contributed by atoms with Crippen LogP contribution in [0, 0.1) is 0 Å². The lowest BCUT2D eigenvalue weighted by atomic mass is 9.94. The molecule has 1 saturated heterocycles. The van der Waals surface area contributed by atoms with Crippen molar-refractivity contribution >= 4 is 23.2 Å². The van der Waals surface area contributed by atoms with Crippen LogP contribution in [0.3, 0.4) is 0 Å². The van der Waals surface area contributed by atoms with Crippen molar-refractivity contribution in [2.75, 3.05) is 33.2 Å². The van der Waals surface area contributed by atoms with Crippen molar-refractivity contribution in [3.63, 3.8) is 0 Å². The van der Waals surface area contributed by atoms with Gasteiger partial charge in [-0.05, 0) is 35.0 Å². The van der Waals surface area contributed by atoms with Gasteiger partial charge in [0.1, 0.15) is 0 Å². The monoisotopic (exact) mass is 352 g/mol. The third-order valence-electron chi connectivity index (χ3n) is 5.11. The fraction of sp³-hybridized carbons (Fsp3) is 0.273. The molecule has 0 aliphatic carbocycles. The minimum atomic E-state index is 0. The van der Waals surface area contributed by atoms with Gasteiger partial charge in [0.25, 0.3) is 0 Å². The minimum Gasteiger partial charge on any atom is -0.304 e. The quantitative estimate of drug-likeness (QED) is 0.679. The van der Waals surface area contributed by atoms with Crippen molar-refractivity contribution in [1.82, 2.24) is 9.80 Å². The van der Waals surface area contributed by atoms with Crippen LogP contribution < -0.4 is 0 Å². The van der Waals surface area contributed by atoms with Crippen LogP contribution >= 0.6 is 12.4 Å². The zero-order valence-electron chi connectivity index (χ0n) is 14.6. The first-order chi connectivity index (χ1) is 11.8. The Kier molecular flexibility index (Phi) is 5.74. The first-order valence-corrected chi connectivity index (χ1v) is 8.77. The molecule has 0 N–H and O–H groups in total. The lowest BCUT2D eigenvalue weighted by Crippen LogP contribution is -2.46. The second-order valence-corrected chi connectivity index (χ2v) is 6.76. The van der Waals surface area contributed by atoms with Gasteiger partial charge in [-0.25, -0.2) is 0 Å². The number of hydrogen-bond acceptors (Lipinski definition) is 2. The second-order valence-electron chi connectivity index (χ2n) is 6.76. The van der Waals surface area contributed by atoms with E-state index < -0.39 is 0 Å². The first kappa shape index (κ1) is 17.9. The highest BCUT2D eigenvalue weighted by atomic mass is 35.5. The van der Waals surface area contributed by atoms with E-state index in [1.165, 1.54) is 21.9 Å². The number of nitrogens with zero attached hydrogens (tertiary/aromatic N) is 2. The molecule has 0 amide bonds. The normalized spacial score (nSPS) is 17.2. The highest BCUT2D eigenvalue weighted by Gasteiger charge is 2.25. The van der Waals surface area contributed by atoms with E-state index in [9.17, 15) is 0 Å². The fourth-order valence-corrected chi connectivity index (χ4v) is 3.71. The van der Waals surface area contributed by atoms with Crippen LogP contribution in [0.4, 0.5) is 0 Å². The predicted molar refractivity (Wildman–Crippen MR) is 109 cm³/mol. The van der Waals surface area contributed by atoms with Gasteiger partial charge in [-0.2, -0.15) is 0 Å². The largest absolute Gasteiger partial charge is 0.304 e. The molecular formula is C22H25ClN2. The van der Waals surface area contributed by atoms with Gasteiger partial charge in [0.2, 0.25) is 0 Å². The van der Waals surface area contributed by atoms with Gasteiger partial charge < -0.3 is 4.90 Å². The predicted octanol–water partition coefficient (Wildman–Crippen LogP) is 4.60. The Morgan fingerprint density at radius 2 is 1.32 bits per heavy atom. The number of rotatable bonds is 3. The maximum atomic E-state index is 2.62. The SMILES string of the molecule is CN1CCN(C(c2ccccc2)c2ccc3ccccc3c2)CC1.Cl. The van der Waals surface area contributed by atoms with Crippen LogP contribution in [0.5, 0.6) is 0 Å². The number of fused-ring (bicyclic) bond motifs is 1. The van der Waals surface area contributed by atoms with Crippen molar-refractivity contribution in [3.05, 3.63) is 83.9 Å². The molecule has 3 aromatic carbocycles. The van der Waals surface area contributed by atoms with Crippen LogP contribution in [0.1, 0.15) is 17.2 Å². The van der Waals surface area contributed by atoms with Gasteiger partial charge in [-0.3, -0.25) is 4.90 Å². The van der Waals surface area contributed by atoms with Gasteiger partial charge >= 0.3 is 0 Å². The molecule has 3 aromatic rings. The maximum Gasteiger partial charge on any atom is 0.0602 e. The standard InChI is InChI=1S/C22H24N2.ClH/c1-23-13-15-24(16-14-23)22(19-8-3-2-4-9-19)21-12-11-18-7-5-6-10-20(18)17-21;/h2-12,17,22H,13-16H2,1H3;1H. The Hall–Kier alpha value is -1.87. The molecule has 0 spiro atoms. The molecule has 25 heavy (non-hydrogen) atoms. The van der Waals surface area contributed by atoms with Crippen molar-refractivity contribution in [1.29, 1.82) is 0 Å². The molecule has 0 radical (unpaired) electrons. The molecule has 1 aliphatic heterocycles. The highest BCUT2D eigenvalue weighted by molar-refractivity contribution is 5.85. The zero-order chi connectivity index (χ0) is 16.4. The molecule has 130 valence electrons. The molecule has 1 atom stereocenters. The molecule has 1 fully saturated rings. The van der Waals surface area contributed by atoms with E-state index in [4.69, 9.17) is 0 Å². The molecule has 2 nitrogen and oxygen atoms in total. The second kappa shape index (κ2) is 8.01. The van der Waals surface area contributed by atoms with E-state index >= 15 is 0 Å². The number of hydrogen-bond donors (Lipinski definition) is 0. The van der Waals surface area contributed by atoms with Crippen LogP contribution in [-0.2, 0) is 0 Å². The third-order valence-corrected chi connectivity index (χ3v) is 5.11. The van der Waals surface area contributed by atoms with E-state index in [1.54, 1.807) is 0 Å². The molecular weight excluding hydrogens is 328 g/mol. The summed E-state index contributed by atoms with van der Waals surface area (Å²) in [7, 11) is 2.21. The molecule has 1 heterocycles. The van der Waals surface area contributed by atoms with Crippen LogP contribution in [0.2, 0.25) is 0 Å². The third kappa shape index (κ3) is 3.87. The molecule has 4 rings (SSSR count). The zero-order valence-corrected chi connectivity index (χ0v) is 15.5. The molecule has 1 unspecified atom stereocenters. The Morgan fingerprint density at radius 3 is 2.04 bits per heavy atom. The number of likely N-dealkylation sites (N-methyl/N-ethyl adjacent to an activating group) is 1.